The third-order valence-electron chi connectivity index (χ3n) is 3.63. The van der Waals surface area contributed by atoms with E-state index in [1.807, 2.05) is 0 Å². The Labute approximate surface area is 103 Å². The van der Waals surface area contributed by atoms with Crippen molar-refractivity contribution in [2.24, 2.45) is 10.5 Å². The Balaban J connectivity index is 2.38. The van der Waals surface area contributed by atoms with Gasteiger partial charge < -0.3 is 0 Å². The molecule has 1 saturated carbocycles. The van der Waals surface area contributed by atoms with Crippen LogP contribution in [0, 0.1) is 16.7 Å². The molecular weight excluding hydrogens is 214 g/mol. The smallest absolute Gasteiger partial charge is 0.106 e. The van der Waals surface area contributed by atoms with Crippen LogP contribution in [0.25, 0.3) is 10.4 Å². The number of nitrogens with one attached hydrogen (secondary N) is 1. The first-order valence-corrected chi connectivity index (χ1v) is 6.21. The summed E-state index contributed by atoms with van der Waals surface area (Å²) in [5.41, 5.74) is 8.17. The highest BCUT2D eigenvalue weighted by Gasteiger charge is 2.37. The topological polar surface area (TPSA) is 84.6 Å². The maximum atomic E-state index is 9.32. The van der Waals surface area contributed by atoms with Gasteiger partial charge in [0.2, 0.25) is 0 Å². The SMILES string of the molecule is CC1(C)CCC(C#N)(NCCCN=[N+]=[N-])CC1. The van der Waals surface area contributed by atoms with Crippen LogP contribution in [0.15, 0.2) is 5.11 Å². The van der Waals surface area contributed by atoms with Gasteiger partial charge in [-0.3, -0.25) is 5.32 Å². The van der Waals surface area contributed by atoms with Crippen molar-refractivity contribution >= 4 is 0 Å². The number of hydrogen-bond acceptors (Lipinski definition) is 3. The molecular formula is C12H21N5. The molecule has 0 heterocycles. The van der Waals surface area contributed by atoms with Crippen LogP contribution in [0.3, 0.4) is 0 Å². The van der Waals surface area contributed by atoms with Gasteiger partial charge in [-0.05, 0) is 49.6 Å². The Kier molecular flexibility index (Phi) is 4.80. The van der Waals surface area contributed by atoms with Gasteiger partial charge in [0.25, 0.3) is 0 Å². The lowest BCUT2D eigenvalue weighted by Crippen LogP contribution is -2.48. The summed E-state index contributed by atoms with van der Waals surface area (Å²) in [6, 6.07) is 2.43. The number of nitriles is 1. The van der Waals surface area contributed by atoms with E-state index in [0.717, 1.165) is 38.6 Å². The van der Waals surface area contributed by atoms with Crippen molar-refractivity contribution in [3.63, 3.8) is 0 Å². The molecule has 0 aromatic heterocycles. The Morgan fingerprint density at radius 3 is 2.53 bits per heavy atom. The fourth-order valence-electron chi connectivity index (χ4n) is 2.20. The molecule has 1 N–H and O–H groups in total. The first-order valence-electron chi connectivity index (χ1n) is 6.21. The van der Waals surface area contributed by atoms with Gasteiger partial charge in [0.1, 0.15) is 5.54 Å². The van der Waals surface area contributed by atoms with Crippen LogP contribution >= 0.6 is 0 Å². The summed E-state index contributed by atoms with van der Waals surface area (Å²) in [7, 11) is 0. The minimum Gasteiger partial charge on any atom is -0.299 e. The van der Waals surface area contributed by atoms with E-state index >= 15 is 0 Å². The lowest BCUT2D eigenvalue weighted by Gasteiger charge is -2.40. The highest BCUT2D eigenvalue weighted by atomic mass is 15.1. The van der Waals surface area contributed by atoms with E-state index in [9.17, 15) is 5.26 Å². The first-order chi connectivity index (χ1) is 8.04. The molecule has 0 saturated heterocycles. The van der Waals surface area contributed by atoms with Gasteiger partial charge in [-0.2, -0.15) is 5.26 Å². The van der Waals surface area contributed by atoms with E-state index < -0.39 is 0 Å². The summed E-state index contributed by atoms with van der Waals surface area (Å²) in [4.78, 5) is 2.71. The van der Waals surface area contributed by atoms with Crippen LogP contribution in [0.4, 0.5) is 0 Å². The maximum Gasteiger partial charge on any atom is 0.106 e. The summed E-state index contributed by atoms with van der Waals surface area (Å²) in [6.07, 6.45) is 4.79. The summed E-state index contributed by atoms with van der Waals surface area (Å²) in [6.45, 7) is 5.76. The van der Waals surface area contributed by atoms with E-state index in [-0.39, 0.29) is 5.54 Å². The zero-order chi connectivity index (χ0) is 12.8. The van der Waals surface area contributed by atoms with E-state index in [1.54, 1.807) is 0 Å². The summed E-state index contributed by atoms with van der Waals surface area (Å²) < 4.78 is 0. The quantitative estimate of drug-likeness (QED) is 0.343. The molecule has 94 valence electrons. The van der Waals surface area contributed by atoms with Crippen molar-refractivity contribution in [3.8, 4) is 6.07 Å². The fourth-order valence-corrected chi connectivity index (χ4v) is 2.20. The first kappa shape index (κ1) is 13.8. The fraction of sp³-hybridized carbons (Fsp3) is 0.917. The molecule has 0 aromatic carbocycles. The number of azide groups is 1. The van der Waals surface area contributed by atoms with Crippen molar-refractivity contribution < 1.29 is 0 Å². The van der Waals surface area contributed by atoms with Crippen LogP contribution in [0.1, 0.15) is 46.0 Å². The third-order valence-corrected chi connectivity index (χ3v) is 3.63. The van der Waals surface area contributed by atoms with Gasteiger partial charge >= 0.3 is 0 Å². The van der Waals surface area contributed by atoms with Crippen LogP contribution in [0.2, 0.25) is 0 Å². The van der Waals surface area contributed by atoms with Crippen LogP contribution < -0.4 is 5.32 Å². The number of rotatable bonds is 5. The van der Waals surface area contributed by atoms with E-state index in [4.69, 9.17) is 5.53 Å². The third kappa shape index (κ3) is 4.26. The molecule has 1 rings (SSSR count). The summed E-state index contributed by atoms with van der Waals surface area (Å²) >= 11 is 0. The average molecular weight is 235 g/mol. The highest BCUT2D eigenvalue weighted by molar-refractivity contribution is 5.10. The van der Waals surface area contributed by atoms with Crippen molar-refractivity contribution in [2.45, 2.75) is 51.5 Å². The molecule has 5 heteroatoms. The van der Waals surface area contributed by atoms with Gasteiger partial charge in [-0.1, -0.05) is 19.0 Å². The Morgan fingerprint density at radius 1 is 1.35 bits per heavy atom. The predicted octanol–water partition coefficient (Wildman–Crippen LogP) is 3.14. The van der Waals surface area contributed by atoms with Gasteiger partial charge in [-0.15, -0.1) is 0 Å². The molecule has 0 atom stereocenters. The van der Waals surface area contributed by atoms with Crippen molar-refractivity contribution in [1.82, 2.24) is 5.32 Å². The summed E-state index contributed by atoms with van der Waals surface area (Å²) in [5.74, 6) is 0. The highest BCUT2D eigenvalue weighted by Crippen LogP contribution is 2.39. The molecule has 1 aliphatic rings. The Morgan fingerprint density at radius 2 is 2.00 bits per heavy atom. The van der Waals surface area contributed by atoms with Crippen molar-refractivity contribution in [2.75, 3.05) is 13.1 Å². The molecule has 0 radical (unpaired) electrons. The minimum absolute atomic E-state index is 0.355. The molecule has 0 unspecified atom stereocenters. The minimum atomic E-state index is -0.355. The molecule has 1 aliphatic carbocycles. The van der Waals surface area contributed by atoms with Gasteiger partial charge in [0.05, 0.1) is 6.07 Å². The standard InChI is InChI=1S/C12H21N5/c1-11(2)4-6-12(10-13,7-5-11)15-8-3-9-16-17-14/h15H,3-9H2,1-2H3. The molecule has 0 amide bonds. The molecule has 0 aromatic rings. The van der Waals surface area contributed by atoms with Gasteiger partial charge in [0.15, 0.2) is 0 Å². The number of nitrogens with zero attached hydrogens (tertiary/aromatic N) is 4. The maximum absolute atomic E-state index is 9.32. The van der Waals surface area contributed by atoms with Crippen LogP contribution in [-0.4, -0.2) is 18.6 Å². The molecule has 0 bridgehead atoms. The second-order valence-electron chi connectivity index (χ2n) is 5.59. The predicted molar refractivity (Wildman–Crippen MR) is 67.2 cm³/mol. The van der Waals surface area contributed by atoms with Crippen LogP contribution in [-0.2, 0) is 0 Å². The molecule has 0 aliphatic heterocycles. The van der Waals surface area contributed by atoms with Crippen molar-refractivity contribution in [1.29, 1.82) is 5.26 Å². The largest absolute Gasteiger partial charge is 0.299 e. The van der Waals surface area contributed by atoms with E-state index in [2.05, 4.69) is 35.3 Å². The van der Waals surface area contributed by atoms with Gasteiger partial charge in [0, 0.05) is 11.5 Å². The second kappa shape index (κ2) is 5.90. The van der Waals surface area contributed by atoms with Crippen LogP contribution in [0.5, 0.6) is 0 Å². The lowest BCUT2D eigenvalue weighted by atomic mass is 9.70. The zero-order valence-corrected chi connectivity index (χ0v) is 10.7. The Bertz CT molecular complexity index is 325. The van der Waals surface area contributed by atoms with Crippen molar-refractivity contribution in [3.05, 3.63) is 10.4 Å². The average Bonchev–Trinajstić information content (AvgIpc) is 2.32. The normalized spacial score (nSPS) is 21.2. The second-order valence-corrected chi connectivity index (χ2v) is 5.59. The molecule has 17 heavy (non-hydrogen) atoms. The monoisotopic (exact) mass is 235 g/mol. The summed E-state index contributed by atoms with van der Waals surface area (Å²) in [5, 5.41) is 16.1. The van der Waals surface area contributed by atoms with E-state index in [1.165, 1.54) is 0 Å². The zero-order valence-electron chi connectivity index (χ0n) is 10.7. The molecule has 5 nitrogen and oxygen atoms in total. The molecule has 0 spiro atoms. The molecule has 1 fully saturated rings. The Hall–Kier alpha value is -1.24. The number of hydrogen-bond donors (Lipinski definition) is 1. The lowest BCUT2D eigenvalue weighted by molar-refractivity contribution is 0.171. The van der Waals surface area contributed by atoms with Gasteiger partial charge in [-0.25, -0.2) is 0 Å². The van der Waals surface area contributed by atoms with E-state index in [0.29, 0.717) is 12.0 Å².